The van der Waals surface area contributed by atoms with Crippen molar-refractivity contribution in [1.29, 1.82) is 0 Å². The Labute approximate surface area is 118 Å². The second-order valence-corrected chi connectivity index (χ2v) is 7.17. The van der Waals surface area contributed by atoms with E-state index >= 15 is 0 Å². The van der Waals surface area contributed by atoms with Gasteiger partial charge in [-0.25, -0.2) is 13.4 Å². The van der Waals surface area contributed by atoms with Crippen molar-refractivity contribution in [3.05, 3.63) is 11.5 Å². The minimum atomic E-state index is -3.62. The van der Waals surface area contributed by atoms with Gasteiger partial charge in [-0.15, -0.1) is 0 Å². The molecule has 1 saturated heterocycles. The van der Waals surface area contributed by atoms with Crippen molar-refractivity contribution < 1.29 is 8.42 Å². The van der Waals surface area contributed by atoms with Crippen LogP contribution in [-0.4, -0.2) is 41.4 Å². The number of halogens is 1. The summed E-state index contributed by atoms with van der Waals surface area (Å²) in [6.45, 7) is 2.84. The van der Waals surface area contributed by atoms with Gasteiger partial charge in [-0.2, -0.15) is 4.31 Å². The van der Waals surface area contributed by atoms with Crippen molar-refractivity contribution in [3.63, 3.8) is 0 Å². The summed E-state index contributed by atoms with van der Waals surface area (Å²) in [6, 6.07) is -0.167. The van der Waals surface area contributed by atoms with Crippen molar-refractivity contribution in [2.45, 2.75) is 30.8 Å². The van der Waals surface area contributed by atoms with Gasteiger partial charge in [0, 0.05) is 32.4 Å². The first-order valence-corrected chi connectivity index (χ1v) is 8.10. The zero-order chi connectivity index (χ0) is 14.2. The minimum absolute atomic E-state index is 0.00690. The Morgan fingerprint density at radius 3 is 2.79 bits per heavy atom. The minimum Gasteiger partial charge on any atom is -0.329 e. The maximum Gasteiger partial charge on any atom is 0.262 e. The van der Waals surface area contributed by atoms with Crippen LogP contribution < -0.4 is 5.73 Å². The normalized spacial score (nSPS) is 25.7. The van der Waals surface area contributed by atoms with E-state index in [1.807, 2.05) is 6.92 Å². The number of sulfonamides is 1. The molecule has 0 saturated carbocycles. The number of hydrogen-bond acceptors (Lipinski definition) is 4. The lowest BCUT2D eigenvalue weighted by Gasteiger charge is -2.37. The van der Waals surface area contributed by atoms with E-state index in [2.05, 4.69) is 4.98 Å². The molecule has 19 heavy (non-hydrogen) atoms. The third-order valence-electron chi connectivity index (χ3n) is 3.68. The second-order valence-electron chi connectivity index (χ2n) is 5.00. The fraction of sp³-hybridized carbons (Fsp3) is 0.727. The summed E-state index contributed by atoms with van der Waals surface area (Å²) in [5.74, 6) is 0.257. The van der Waals surface area contributed by atoms with Crippen molar-refractivity contribution in [2.75, 3.05) is 13.1 Å². The standard InChI is InChI=1S/C11H19ClN4O2S/c1-8-4-3-5-16(9(8)6-13)19(17,18)10-7-15(2)11(12)14-10/h7-9H,3-6,13H2,1-2H3. The molecule has 0 aliphatic carbocycles. The SMILES string of the molecule is CC1CCCN(S(=O)(=O)c2cn(C)c(Cl)n2)C1CN. The lowest BCUT2D eigenvalue weighted by Crippen LogP contribution is -2.51. The van der Waals surface area contributed by atoms with E-state index in [0.29, 0.717) is 13.1 Å². The zero-order valence-electron chi connectivity index (χ0n) is 11.1. The number of nitrogens with two attached hydrogens (primary N) is 1. The van der Waals surface area contributed by atoms with Gasteiger partial charge in [-0.3, -0.25) is 0 Å². The Kier molecular flexibility index (Phi) is 4.20. The average Bonchev–Trinajstić information content (AvgIpc) is 2.70. The predicted molar refractivity (Wildman–Crippen MR) is 73.4 cm³/mol. The Bertz CT molecular complexity index is 538. The van der Waals surface area contributed by atoms with Gasteiger partial charge in [0.2, 0.25) is 5.28 Å². The van der Waals surface area contributed by atoms with Crippen LogP contribution in [0.4, 0.5) is 0 Å². The van der Waals surface area contributed by atoms with E-state index < -0.39 is 10.0 Å². The molecule has 2 N–H and O–H groups in total. The van der Waals surface area contributed by atoms with E-state index in [-0.39, 0.29) is 22.3 Å². The summed E-state index contributed by atoms with van der Waals surface area (Å²) in [7, 11) is -1.96. The lowest BCUT2D eigenvalue weighted by molar-refractivity contribution is 0.192. The summed E-state index contributed by atoms with van der Waals surface area (Å²) >= 11 is 5.82. The highest BCUT2D eigenvalue weighted by atomic mass is 35.5. The molecule has 1 aromatic heterocycles. The predicted octanol–water partition coefficient (Wildman–Crippen LogP) is 0.821. The number of hydrogen-bond donors (Lipinski definition) is 1. The van der Waals surface area contributed by atoms with Crippen molar-refractivity contribution >= 4 is 21.6 Å². The smallest absolute Gasteiger partial charge is 0.262 e. The summed E-state index contributed by atoms with van der Waals surface area (Å²) in [5.41, 5.74) is 5.74. The maximum absolute atomic E-state index is 12.6. The van der Waals surface area contributed by atoms with E-state index in [9.17, 15) is 8.42 Å². The zero-order valence-corrected chi connectivity index (χ0v) is 12.7. The summed E-state index contributed by atoms with van der Waals surface area (Å²) in [6.07, 6.45) is 3.28. The molecule has 2 unspecified atom stereocenters. The van der Waals surface area contributed by atoms with E-state index in [1.54, 1.807) is 7.05 Å². The molecule has 108 valence electrons. The van der Waals surface area contributed by atoms with Crippen LogP contribution in [0.15, 0.2) is 11.2 Å². The number of rotatable bonds is 3. The summed E-state index contributed by atoms with van der Waals surface area (Å²) < 4.78 is 28.2. The van der Waals surface area contributed by atoms with Gasteiger partial charge in [-0.05, 0) is 30.4 Å². The largest absolute Gasteiger partial charge is 0.329 e. The highest BCUT2D eigenvalue weighted by Gasteiger charge is 2.37. The van der Waals surface area contributed by atoms with E-state index in [4.69, 9.17) is 17.3 Å². The Morgan fingerprint density at radius 2 is 2.26 bits per heavy atom. The first kappa shape index (κ1) is 14.8. The first-order valence-electron chi connectivity index (χ1n) is 6.28. The molecule has 2 heterocycles. The molecular formula is C11H19ClN4O2S. The van der Waals surface area contributed by atoms with Crippen LogP contribution in [-0.2, 0) is 17.1 Å². The van der Waals surface area contributed by atoms with Gasteiger partial charge in [0.25, 0.3) is 10.0 Å². The van der Waals surface area contributed by atoms with E-state index in [0.717, 1.165) is 12.8 Å². The van der Waals surface area contributed by atoms with Gasteiger partial charge in [0.1, 0.15) is 0 Å². The van der Waals surface area contributed by atoms with Gasteiger partial charge in [0.15, 0.2) is 5.03 Å². The third kappa shape index (κ3) is 2.65. The van der Waals surface area contributed by atoms with Crippen LogP contribution in [0.25, 0.3) is 0 Å². The molecule has 0 amide bonds. The Hall–Kier alpha value is -0.630. The van der Waals surface area contributed by atoms with Crippen LogP contribution in [0.5, 0.6) is 0 Å². The van der Waals surface area contributed by atoms with Crippen LogP contribution in [0.2, 0.25) is 5.28 Å². The molecular weight excluding hydrogens is 288 g/mol. The average molecular weight is 307 g/mol. The van der Waals surface area contributed by atoms with Crippen molar-refractivity contribution in [2.24, 2.45) is 18.7 Å². The Morgan fingerprint density at radius 1 is 1.58 bits per heavy atom. The molecule has 0 spiro atoms. The molecule has 0 bridgehead atoms. The molecule has 1 fully saturated rings. The number of imidazole rings is 1. The van der Waals surface area contributed by atoms with Gasteiger partial charge < -0.3 is 10.3 Å². The van der Waals surface area contributed by atoms with Crippen molar-refractivity contribution in [3.8, 4) is 0 Å². The summed E-state index contributed by atoms with van der Waals surface area (Å²) in [5, 5.41) is 0.153. The van der Waals surface area contributed by atoms with Gasteiger partial charge >= 0.3 is 0 Å². The van der Waals surface area contributed by atoms with Gasteiger partial charge in [0.05, 0.1) is 0 Å². The molecule has 2 atom stereocenters. The fourth-order valence-electron chi connectivity index (χ4n) is 2.52. The lowest BCUT2D eigenvalue weighted by atomic mass is 9.93. The maximum atomic E-state index is 12.6. The molecule has 1 aromatic rings. The quantitative estimate of drug-likeness (QED) is 0.896. The Balaban J connectivity index is 2.37. The molecule has 1 aliphatic rings. The molecule has 2 rings (SSSR count). The van der Waals surface area contributed by atoms with E-state index in [1.165, 1.54) is 15.1 Å². The van der Waals surface area contributed by atoms with Crippen LogP contribution in [0, 0.1) is 5.92 Å². The molecule has 0 aromatic carbocycles. The summed E-state index contributed by atoms with van der Waals surface area (Å²) in [4.78, 5) is 3.91. The fourth-order valence-corrected chi connectivity index (χ4v) is 4.46. The second kappa shape index (κ2) is 5.40. The molecule has 0 radical (unpaired) electrons. The van der Waals surface area contributed by atoms with Crippen LogP contribution in [0.1, 0.15) is 19.8 Å². The first-order chi connectivity index (χ1) is 8.87. The number of nitrogens with zero attached hydrogens (tertiary/aromatic N) is 3. The highest BCUT2D eigenvalue weighted by molar-refractivity contribution is 7.89. The van der Waals surface area contributed by atoms with Crippen LogP contribution in [0.3, 0.4) is 0 Å². The van der Waals surface area contributed by atoms with Crippen molar-refractivity contribution in [1.82, 2.24) is 13.9 Å². The monoisotopic (exact) mass is 306 g/mol. The molecule has 1 aliphatic heterocycles. The topological polar surface area (TPSA) is 81.2 Å². The number of aryl methyl sites for hydroxylation is 1. The number of piperidine rings is 1. The van der Waals surface area contributed by atoms with Gasteiger partial charge in [-0.1, -0.05) is 6.92 Å². The molecule has 6 nitrogen and oxygen atoms in total. The third-order valence-corrected chi connectivity index (χ3v) is 5.82. The number of aromatic nitrogens is 2. The molecule has 8 heteroatoms. The highest BCUT2D eigenvalue weighted by Crippen LogP contribution is 2.28. The van der Waals surface area contributed by atoms with Crippen LogP contribution >= 0.6 is 11.6 Å².